The zero-order valence-electron chi connectivity index (χ0n) is 7.28. The Morgan fingerprint density at radius 2 is 2.17 bits per heavy atom. The van der Waals surface area contributed by atoms with Crippen LogP contribution in [0, 0.1) is 12.3 Å². The molecule has 3 nitrogen and oxygen atoms in total. The van der Waals surface area contributed by atoms with Gasteiger partial charge in [-0.3, -0.25) is 0 Å². The minimum absolute atomic E-state index is 0.0446. The minimum Gasteiger partial charge on any atom is -0.119 e. The fraction of sp³-hybridized carbons (Fsp3) is 0.750. The van der Waals surface area contributed by atoms with Crippen LogP contribution in [0.1, 0.15) is 26.2 Å². The second-order valence-corrected chi connectivity index (χ2v) is 3.21. The average molecular weight is 189 g/mol. The van der Waals surface area contributed by atoms with Gasteiger partial charge in [0.2, 0.25) is 0 Å². The summed E-state index contributed by atoms with van der Waals surface area (Å²) in [6.45, 7) is 2.62. The largest absolute Gasteiger partial charge is 0.698 e. The van der Waals surface area contributed by atoms with E-state index < -0.39 is 8.25 Å². The van der Waals surface area contributed by atoms with Crippen LogP contribution in [-0.4, -0.2) is 13.2 Å². The molecule has 0 aliphatic rings. The van der Waals surface area contributed by atoms with Gasteiger partial charge in [0.1, 0.15) is 6.61 Å². The van der Waals surface area contributed by atoms with E-state index in [0.717, 1.165) is 19.3 Å². The summed E-state index contributed by atoms with van der Waals surface area (Å²) in [7, 11) is -2.00. The summed E-state index contributed by atoms with van der Waals surface area (Å²) >= 11 is 0. The topological polar surface area (TPSA) is 35.5 Å². The number of terminal acetylenes is 1. The molecule has 0 amide bonds. The van der Waals surface area contributed by atoms with E-state index in [2.05, 4.69) is 17.4 Å². The third-order valence-electron chi connectivity index (χ3n) is 1.20. The van der Waals surface area contributed by atoms with Crippen LogP contribution in [0.2, 0.25) is 0 Å². The highest BCUT2D eigenvalue weighted by Gasteiger charge is 2.18. The van der Waals surface area contributed by atoms with Crippen molar-refractivity contribution >= 4 is 8.25 Å². The van der Waals surface area contributed by atoms with Crippen LogP contribution >= 0.6 is 8.25 Å². The van der Waals surface area contributed by atoms with E-state index in [-0.39, 0.29) is 6.61 Å². The van der Waals surface area contributed by atoms with Crippen molar-refractivity contribution in [2.75, 3.05) is 13.2 Å². The van der Waals surface area contributed by atoms with Gasteiger partial charge in [-0.25, -0.2) is 0 Å². The Morgan fingerprint density at radius 1 is 1.42 bits per heavy atom. The first-order chi connectivity index (χ1) is 5.81. The number of unbranched alkanes of at least 4 members (excludes halogenated alkanes) is 2. The molecule has 12 heavy (non-hydrogen) atoms. The van der Waals surface area contributed by atoms with Crippen molar-refractivity contribution in [3.05, 3.63) is 0 Å². The van der Waals surface area contributed by atoms with Crippen LogP contribution < -0.4 is 0 Å². The molecule has 1 unspecified atom stereocenters. The van der Waals surface area contributed by atoms with Crippen LogP contribution in [-0.2, 0) is 13.6 Å². The van der Waals surface area contributed by atoms with E-state index in [0.29, 0.717) is 6.61 Å². The van der Waals surface area contributed by atoms with Gasteiger partial charge in [0.05, 0.1) is 0 Å². The maximum Gasteiger partial charge on any atom is 0.698 e. The number of hydrogen-bond donors (Lipinski definition) is 0. The molecule has 0 radical (unpaired) electrons. The van der Waals surface area contributed by atoms with Crippen molar-refractivity contribution in [3.8, 4) is 12.3 Å². The van der Waals surface area contributed by atoms with Crippen LogP contribution in [0.25, 0.3) is 0 Å². The summed E-state index contributed by atoms with van der Waals surface area (Å²) in [5.41, 5.74) is 0. The summed E-state index contributed by atoms with van der Waals surface area (Å²) in [5, 5.41) is 0. The molecule has 4 heteroatoms. The average Bonchev–Trinajstić information content (AvgIpc) is 2.09. The van der Waals surface area contributed by atoms with Crippen molar-refractivity contribution in [2.24, 2.45) is 0 Å². The van der Waals surface area contributed by atoms with Crippen molar-refractivity contribution in [3.63, 3.8) is 0 Å². The fourth-order valence-electron chi connectivity index (χ4n) is 0.618. The second kappa shape index (κ2) is 8.67. The van der Waals surface area contributed by atoms with Crippen molar-refractivity contribution in [2.45, 2.75) is 26.2 Å². The van der Waals surface area contributed by atoms with Gasteiger partial charge in [0.25, 0.3) is 0 Å². The lowest BCUT2D eigenvalue weighted by Gasteiger charge is -1.89. The number of rotatable bonds is 7. The lowest BCUT2D eigenvalue weighted by molar-refractivity contribution is 0.239. The van der Waals surface area contributed by atoms with Crippen LogP contribution in [0.3, 0.4) is 0 Å². The highest BCUT2D eigenvalue weighted by Crippen LogP contribution is 2.23. The molecule has 0 bridgehead atoms. The highest BCUT2D eigenvalue weighted by atomic mass is 31.1. The molecule has 0 aliphatic carbocycles. The van der Waals surface area contributed by atoms with Gasteiger partial charge in [-0.15, -0.1) is 15.5 Å². The van der Waals surface area contributed by atoms with Gasteiger partial charge in [-0.2, -0.15) is 0 Å². The molecule has 0 heterocycles. The Bertz CT molecular complexity index is 162. The van der Waals surface area contributed by atoms with E-state index in [1.165, 1.54) is 0 Å². The van der Waals surface area contributed by atoms with Crippen molar-refractivity contribution < 1.29 is 13.6 Å². The lowest BCUT2D eigenvalue weighted by Crippen LogP contribution is -1.89. The maximum atomic E-state index is 10.8. The maximum absolute atomic E-state index is 10.8. The van der Waals surface area contributed by atoms with E-state index >= 15 is 0 Å². The van der Waals surface area contributed by atoms with Crippen molar-refractivity contribution in [1.29, 1.82) is 0 Å². The number of hydrogen-bond acceptors (Lipinski definition) is 3. The van der Waals surface area contributed by atoms with Gasteiger partial charge in [-0.1, -0.05) is 25.7 Å². The van der Waals surface area contributed by atoms with Gasteiger partial charge >= 0.3 is 8.25 Å². The molecule has 68 valence electrons. The molecule has 0 fully saturated rings. The van der Waals surface area contributed by atoms with Crippen LogP contribution in [0.15, 0.2) is 0 Å². The predicted octanol–water partition coefficient (Wildman–Crippen LogP) is 2.50. The Balaban J connectivity index is 3.15. The van der Waals surface area contributed by atoms with Crippen LogP contribution in [0.5, 0.6) is 0 Å². The first-order valence-corrected chi connectivity index (χ1v) is 5.07. The third-order valence-corrected chi connectivity index (χ3v) is 1.93. The first kappa shape index (κ1) is 11.6. The summed E-state index contributed by atoms with van der Waals surface area (Å²) in [6.07, 6.45) is 8.01. The lowest BCUT2D eigenvalue weighted by atomic mass is 10.3. The Morgan fingerprint density at radius 3 is 2.75 bits per heavy atom. The molecular formula is C8H14O3P+. The fourth-order valence-corrected chi connectivity index (χ4v) is 1.15. The Labute approximate surface area is 74.4 Å². The molecule has 0 aromatic rings. The molecule has 0 saturated heterocycles. The summed E-state index contributed by atoms with van der Waals surface area (Å²) < 4.78 is 20.2. The van der Waals surface area contributed by atoms with Crippen LogP contribution in [0.4, 0.5) is 0 Å². The molecule has 0 aromatic carbocycles. The third kappa shape index (κ3) is 7.68. The molecule has 1 atom stereocenters. The highest BCUT2D eigenvalue weighted by molar-refractivity contribution is 7.33. The van der Waals surface area contributed by atoms with E-state index in [1.807, 2.05) is 0 Å². The molecular weight excluding hydrogens is 175 g/mol. The molecule has 0 aliphatic heterocycles. The molecule has 0 N–H and O–H groups in total. The Kier molecular flexibility index (Phi) is 8.37. The molecule has 0 saturated carbocycles. The van der Waals surface area contributed by atoms with Gasteiger partial charge in [0, 0.05) is 4.57 Å². The summed E-state index contributed by atoms with van der Waals surface area (Å²) in [6, 6.07) is 0. The smallest absolute Gasteiger partial charge is 0.119 e. The Hall–Kier alpha value is -0.420. The van der Waals surface area contributed by atoms with Gasteiger partial charge in [0.15, 0.2) is 6.61 Å². The first-order valence-electron chi connectivity index (χ1n) is 3.97. The molecule has 0 rings (SSSR count). The van der Waals surface area contributed by atoms with E-state index in [4.69, 9.17) is 10.9 Å². The zero-order chi connectivity index (χ0) is 9.23. The normalized spacial score (nSPS) is 10.8. The van der Waals surface area contributed by atoms with E-state index in [9.17, 15) is 4.57 Å². The van der Waals surface area contributed by atoms with Crippen molar-refractivity contribution in [1.82, 2.24) is 0 Å². The minimum atomic E-state index is -2.00. The molecule has 0 spiro atoms. The second-order valence-electron chi connectivity index (χ2n) is 2.24. The van der Waals surface area contributed by atoms with E-state index in [1.54, 1.807) is 0 Å². The summed E-state index contributed by atoms with van der Waals surface area (Å²) in [4.78, 5) is 0. The molecule has 0 aromatic heterocycles. The summed E-state index contributed by atoms with van der Waals surface area (Å²) in [5.74, 6) is 2.21. The predicted molar refractivity (Wildman–Crippen MR) is 47.9 cm³/mol. The van der Waals surface area contributed by atoms with Gasteiger partial charge < -0.3 is 0 Å². The quantitative estimate of drug-likeness (QED) is 0.350. The zero-order valence-corrected chi connectivity index (χ0v) is 8.18. The SMILES string of the molecule is C#CCO[P+](=O)OCCCCC. The standard InChI is InChI=1S/C8H14O3P/c1-3-5-6-8-11-12(9)10-7-4-2/h2H,3,5-8H2,1H3/q+1. The van der Waals surface area contributed by atoms with Gasteiger partial charge in [-0.05, 0) is 6.42 Å². The monoisotopic (exact) mass is 189 g/mol.